The zero-order valence-corrected chi connectivity index (χ0v) is 8.80. The van der Waals surface area contributed by atoms with Gasteiger partial charge in [-0.2, -0.15) is 0 Å². The highest BCUT2D eigenvalue weighted by Gasteiger charge is 2.21. The van der Waals surface area contributed by atoms with Gasteiger partial charge in [0, 0.05) is 19.0 Å². The van der Waals surface area contributed by atoms with Crippen molar-refractivity contribution in [3.63, 3.8) is 0 Å². The maximum Gasteiger partial charge on any atom is 0.217 e. The largest absolute Gasteiger partial charge is 0.348 e. The van der Waals surface area contributed by atoms with E-state index < -0.39 is 0 Å². The summed E-state index contributed by atoms with van der Waals surface area (Å²) in [6.07, 6.45) is 0. The van der Waals surface area contributed by atoms with Crippen LogP contribution in [0.15, 0.2) is 15.7 Å². The van der Waals surface area contributed by atoms with Gasteiger partial charge in [0.1, 0.15) is 0 Å². The van der Waals surface area contributed by atoms with Gasteiger partial charge in [0.25, 0.3) is 0 Å². The second-order valence-electron chi connectivity index (χ2n) is 2.87. The summed E-state index contributed by atoms with van der Waals surface area (Å²) in [5.74, 6) is 0.0239. The lowest BCUT2D eigenvalue weighted by molar-refractivity contribution is -0.119. The zero-order chi connectivity index (χ0) is 9.26. The van der Waals surface area contributed by atoms with Crippen LogP contribution in [0.2, 0.25) is 0 Å². The van der Waals surface area contributed by atoms with Gasteiger partial charge < -0.3 is 5.32 Å². The molecule has 0 aliphatic carbocycles. The van der Waals surface area contributed by atoms with E-state index in [1.54, 1.807) is 30.2 Å². The highest BCUT2D eigenvalue weighted by atomic mass is 32.2. The van der Waals surface area contributed by atoms with E-state index in [4.69, 9.17) is 0 Å². The van der Waals surface area contributed by atoms with E-state index in [0.29, 0.717) is 0 Å². The average Bonchev–Trinajstić information content (AvgIpc) is 2.51. The van der Waals surface area contributed by atoms with Crippen LogP contribution in [-0.2, 0) is 4.79 Å². The van der Waals surface area contributed by atoms with Crippen LogP contribution in [0.5, 0.6) is 0 Å². The first-order valence-corrected chi connectivity index (χ1v) is 5.71. The Hall–Kier alpha value is -0.520. The van der Waals surface area contributed by atoms with Gasteiger partial charge in [-0.15, -0.1) is 11.3 Å². The summed E-state index contributed by atoms with van der Waals surface area (Å²) in [5.41, 5.74) is 1.24. The highest BCUT2D eigenvalue weighted by Crippen LogP contribution is 2.34. The number of thiophene rings is 1. The summed E-state index contributed by atoms with van der Waals surface area (Å²) in [6, 6.07) is 2.22. The van der Waals surface area contributed by atoms with Crippen LogP contribution < -0.4 is 10.0 Å². The minimum absolute atomic E-state index is 0.0239. The van der Waals surface area contributed by atoms with Crippen LogP contribution in [0.3, 0.4) is 0 Å². The number of carbonyl (C=O) groups is 1. The Morgan fingerprint density at radius 3 is 3.38 bits per heavy atom. The van der Waals surface area contributed by atoms with Crippen molar-refractivity contribution in [1.82, 2.24) is 10.0 Å². The average molecular weight is 214 g/mol. The molecule has 1 unspecified atom stereocenters. The molecule has 0 spiro atoms. The molecular formula is C8H10N2OS2. The van der Waals surface area contributed by atoms with Crippen LogP contribution in [0, 0.1) is 0 Å². The van der Waals surface area contributed by atoms with Gasteiger partial charge in [0.2, 0.25) is 5.91 Å². The van der Waals surface area contributed by atoms with Crippen molar-refractivity contribution in [3.05, 3.63) is 17.0 Å². The second kappa shape index (κ2) is 3.69. The lowest BCUT2D eigenvalue weighted by Crippen LogP contribution is -2.34. The number of hydrogen-bond donors (Lipinski definition) is 2. The molecule has 2 heterocycles. The molecule has 0 aromatic carbocycles. The van der Waals surface area contributed by atoms with Crippen LogP contribution in [0.1, 0.15) is 18.5 Å². The number of rotatable bonds is 1. The molecule has 2 rings (SSSR count). The first kappa shape index (κ1) is 9.05. The summed E-state index contributed by atoms with van der Waals surface area (Å²) < 4.78 is 4.45. The van der Waals surface area contributed by atoms with Crippen molar-refractivity contribution in [2.45, 2.75) is 17.2 Å². The smallest absolute Gasteiger partial charge is 0.217 e. The molecule has 5 heteroatoms. The van der Waals surface area contributed by atoms with Crippen molar-refractivity contribution in [2.75, 3.05) is 6.54 Å². The first-order chi connectivity index (χ1) is 6.27. The van der Waals surface area contributed by atoms with E-state index in [9.17, 15) is 4.79 Å². The number of nitrogens with one attached hydrogen (secondary N) is 2. The zero-order valence-electron chi connectivity index (χ0n) is 7.16. The van der Waals surface area contributed by atoms with E-state index in [2.05, 4.69) is 21.5 Å². The first-order valence-electron chi connectivity index (χ1n) is 4.01. The summed E-state index contributed by atoms with van der Waals surface area (Å²) in [4.78, 5) is 10.9. The monoisotopic (exact) mass is 214 g/mol. The van der Waals surface area contributed by atoms with Crippen LogP contribution in [0.25, 0.3) is 0 Å². The Labute approximate surface area is 85.0 Å². The Balaban J connectivity index is 2.20. The third-order valence-corrected chi connectivity index (χ3v) is 3.86. The SMILES string of the molecule is CC(=O)NC1CNSc2sccc21. The van der Waals surface area contributed by atoms with E-state index in [1.165, 1.54) is 9.77 Å². The topological polar surface area (TPSA) is 41.1 Å². The highest BCUT2D eigenvalue weighted by molar-refractivity contribution is 7.99. The number of carbonyl (C=O) groups excluding carboxylic acids is 1. The predicted octanol–water partition coefficient (Wildman–Crippen LogP) is 1.54. The standard InChI is InChI=1S/C8H10N2OS2/c1-5(11)10-7-4-9-13-8-6(7)2-3-12-8/h2-3,7,9H,4H2,1H3,(H,10,11). The van der Waals surface area contributed by atoms with Gasteiger partial charge >= 0.3 is 0 Å². The van der Waals surface area contributed by atoms with Crippen molar-refractivity contribution in [1.29, 1.82) is 0 Å². The molecule has 3 nitrogen and oxygen atoms in total. The fourth-order valence-electron chi connectivity index (χ4n) is 1.32. The fourth-order valence-corrected chi connectivity index (χ4v) is 3.25. The van der Waals surface area contributed by atoms with Crippen molar-refractivity contribution < 1.29 is 4.79 Å². The van der Waals surface area contributed by atoms with Crippen LogP contribution in [-0.4, -0.2) is 12.5 Å². The third-order valence-electron chi connectivity index (χ3n) is 1.86. The van der Waals surface area contributed by atoms with E-state index >= 15 is 0 Å². The third kappa shape index (κ3) is 1.87. The van der Waals surface area contributed by atoms with E-state index in [0.717, 1.165) is 6.54 Å². The lowest BCUT2D eigenvalue weighted by atomic mass is 10.1. The molecule has 0 bridgehead atoms. The van der Waals surface area contributed by atoms with Crippen molar-refractivity contribution in [2.24, 2.45) is 0 Å². The van der Waals surface area contributed by atoms with Crippen molar-refractivity contribution in [3.8, 4) is 0 Å². The normalized spacial score (nSPS) is 20.8. The number of amides is 1. The molecule has 13 heavy (non-hydrogen) atoms. The fraction of sp³-hybridized carbons (Fsp3) is 0.375. The summed E-state index contributed by atoms with van der Waals surface area (Å²) in [5, 5.41) is 4.97. The molecule has 1 aromatic heterocycles. The summed E-state index contributed by atoms with van der Waals surface area (Å²) in [6.45, 7) is 2.35. The summed E-state index contributed by atoms with van der Waals surface area (Å²) in [7, 11) is 0. The Kier molecular flexibility index (Phi) is 2.57. The molecule has 1 atom stereocenters. The quantitative estimate of drug-likeness (QED) is 0.697. The molecule has 0 saturated heterocycles. The minimum Gasteiger partial charge on any atom is -0.348 e. The van der Waals surface area contributed by atoms with E-state index in [-0.39, 0.29) is 11.9 Å². The number of hydrogen-bond acceptors (Lipinski definition) is 4. The predicted molar refractivity (Wildman–Crippen MR) is 54.7 cm³/mol. The van der Waals surface area contributed by atoms with E-state index in [1.807, 2.05) is 0 Å². The van der Waals surface area contributed by atoms with Crippen molar-refractivity contribution >= 4 is 29.2 Å². The molecular weight excluding hydrogens is 204 g/mol. The van der Waals surface area contributed by atoms with Crippen LogP contribution in [0.4, 0.5) is 0 Å². The molecule has 1 amide bonds. The van der Waals surface area contributed by atoms with Gasteiger partial charge in [0.15, 0.2) is 0 Å². The van der Waals surface area contributed by atoms with Gasteiger partial charge in [-0.05, 0) is 23.4 Å². The second-order valence-corrected chi connectivity index (χ2v) is 4.94. The molecule has 0 fully saturated rings. The molecule has 1 aliphatic rings. The lowest BCUT2D eigenvalue weighted by Gasteiger charge is -2.22. The molecule has 1 aliphatic heterocycles. The Bertz CT molecular complexity index is 324. The maximum atomic E-state index is 10.9. The minimum atomic E-state index is 0.0239. The molecule has 0 radical (unpaired) electrons. The van der Waals surface area contributed by atoms with Gasteiger partial charge in [0.05, 0.1) is 10.3 Å². The van der Waals surface area contributed by atoms with Gasteiger partial charge in [-0.1, -0.05) is 0 Å². The molecule has 1 aromatic rings. The Morgan fingerprint density at radius 2 is 2.62 bits per heavy atom. The molecule has 2 N–H and O–H groups in total. The maximum absolute atomic E-state index is 10.9. The van der Waals surface area contributed by atoms with Crippen LogP contribution >= 0.6 is 23.3 Å². The Morgan fingerprint density at radius 1 is 1.77 bits per heavy atom. The summed E-state index contributed by atoms with van der Waals surface area (Å²) >= 11 is 3.35. The molecule has 0 saturated carbocycles. The van der Waals surface area contributed by atoms with Gasteiger partial charge in [-0.25, -0.2) is 0 Å². The van der Waals surface area contributed by atoms with Gasteiger partial charge in [-0.3, -0.25) is 9.52 Å². The molecule has 70 valence electrons. The number of fused-ring (bicyclic) bond motifs is 1.